The lowest BCUT2D eigenvalue weighted by Crippen LogP contribution is -2.42. The van der Waals surface area contributed by atoms with Gasteiger partial charge in [-0.1, -0.05) is 84.9 Å². The van der Waals surface area contributed by atoms with Crippen molar-refractivity contribution in [1.29, 1.82) is 0 Å². The van der Waals surface area contributed by atoms with Crippen LogP contribution in [-0.2, 0) is 0 Å². The van der Waals surface area contributed by atoms with E-state index < -0.39 is 5.60 Å². The first kappa shape index (κ1) is 30.9. The van der Waals surface area contributed by atoms with E-state index in [9.17, 15) is 5.11 Å². The Morgan fingerprint density at radius 3 is 2.20 bits per heavy atom. The smallest absolute Gasteiger partial charge is 0.118 e. The number of halogens is 2. The van der Waals surface area contributed by atoms with Gasteiger partial charge in [0.25, 0.3) is 0 Å². The fourth-order valence-corrected chi connectivity index (χ4v) is 6.77. The fraction of sp³-hybridized carbons (Fsp3) is 0.471. The van der Waals surface area contributed by atoms with E-state index in [1.807, 2.05) is 31.3 Å². The summed E-state index contributed by atoms with van der Waals surface area (Å²) >= 11 is 12.2. The monoisotopic (exact) mass is 582 g/mol. The quantitative estimate of drug-likeness (QED) is 0.294. The standard InChI is InChI=1S/C17H17Cl2N.C17H27NO2/c1-20-17-9-7-12(13-4-2-3-5-14(13)17)11-6-8-15(18)16(19)10-11;1-18(2)13-16(17(19)11-5-4-6-12-17)14-7-9-15(20-3)10-8-14/h2-6,8,10,12,17,20H,7,9H2,1H3;7-10,16,19H,4-6,11-13H2,1-3H3/t12-,17-;/m0./s1. The number of ether oxygens (including phenoxy) is 1. The number of hydrogen-bond donors (Lipinski definition) is 2. The summed E-state index contributed by atoms with van der Waals surface area (Å²) < 4.78 is 5.23. The van der Waals surface area contributed by atoms with Crippen LogP contribution in [0.1, 0.15) is 85.1 Å². The summed E-state index contributed by atoms with van der Waals surface area (Å²) in [5.74, 6) is 1.45. The molecule has 1 unspecified atom stereocenters. The van der Waals surface area contributed by atoms with Crippen LogP contribution in [0.3, 0.4) is 0 Å². The molecule has 0 amide bonds. The zero-order chi connectivity index (χ0) is 28.7. The first-order valence-electron chi connectivity index (χ1n) is 14.5. The Morgan fingerprint density at radius 1 is 0.925 bits per heavy atom. The molecule has 4 nitrogen and oxygen atoms in total. The molecule has 5 rings (SSSR count). The Morgan fingerprint density at radius 2 is 1.60 bits per heavy atom. The molecule has 2 N–H and O–H groups in total. The molecule has 1 saturated carbocycles. The molecule has 3 aromatic rings. The average molecular weight is 584 g/mol. The third-order valence-corrected chi connectivity index (χ3v) is 9.36. The molecule has 0 aromatic heterocycles. The van der Waals surface area contributed by atoms with Gasteiger partial charge in [-0.25, -0.2) is 0 Å². The van der Waals surface area contributed by atoms with Crippen LogP contribution >= 0.6 is 23.2 Å². The second-order valence-corrected chi connectivity index (χ2v) is 12.3. The zero-order valence-corrected chi connectivity index (χ0v) is 25.8. The Balaban J connectivity index is 0.000000185. The van der Waals surface area contributed by atoms with E-state index in [0.717, 1.165) is 50.8 Å². The minimum atomic E-state index is -0.558. The lowest BCUT2D eigenvalue weighted by atomic mass is 9.72. The maximum Gasteiger partial charge on any atom is 0.118 e. The molecule has 3 atom stereocenters. The van der Waals surface area contributed by atoms with Gasteiger partial charge >= 0.3 is 0 Å². The van der Waals surface area contributed by atoms with Crippen LogP contribution in [0.15, 0.2) is 66.7 Å². The fourth-order valence-electron chi connectivity index (χ4n) is 6.46. The summed E-state index contributed by atoms with van der Waals surface area (Å²) in [7, 11) is 7.85. The lowest BCUT2D eigenvalue weighted by molar-refractivity contribution is -0.0277. The van der Waals surface area contributed by atoms with Crippen molar-refractivity contribution in [2.75, 3.05) is 34.8 Å². The molecule has 0 bridgehead atoms. The molecule has 1 fully saturated rings. The van der Waals surface area contributed by atoms with Crippen LogP contribution in [0, 0.1) is 0 Å². The minimum Gasteiger partial charge on any atom is -0.497 e. The van der Waals surface area contributed by atoms with E-state index in [4.69, 9.17) is 27.9 Å². The zero-order valence-electron chi connectivity index (χ0n) is 24.3. The highest BCUT2D eigenvalue weighted by Gasteiger charge is 2.38. The number of rotatable bonds is 7. The number of hydrogen-bond acceptors (Lipinski definition) is 4. The first-order valence-corrected chi connectivity index (χ1v) is 15.2. The summed E-state index contributed by atoms with van der Waals surface area (Å²) in [5.41, 5.74) is 4.70. The summed E-state index contributed by atoms with van der Waals surface area (Å²) in [5, 5.41) is 15.8. The van der Waals surface area contributed by atoms with Crippen molar-refractivity contribution in [2.45, 2.75) is 68.4 Å². The highest BCUT2D eigenvalue weighted by Crippen LogP contribution is 2.42. The van der Waals surface area contributed by atoms with Crippen molar-refractivity contribution in [2.24, 2.45) is 0 Å². The van der Waals surface area contributed by atoms with E-state index in [0.29, 0.717) is 22.0 Å². The summed E-state index contributed by atoms with van der Waals surface area (Å²) in [4.78, 5) is 2.17. The van der Waals surface area contributed by atoms with Gasteiger partial charge in [-0.05, 0) is 93.3 Å². The van der Waals surface area contributed by atoms with Gasteiger partial charge in [0.2, 0.25) is 0 Å². The molecule has 3 aromatic carbocycles. The number of likely N-dealkylation sites (N-methyl/N-ethyl adjacent to an activating group) is 1. The molecule has 2 aliphatic rings. The maximum atomic E-state index is 11.1. The molecule has 0 spiro atoms. The van der Waals surface area contributed by atoms with Crippen molar-refractivity contribution in [3.63, 3.8) is 0 Å². The van der Waals surface area contributed by atoms with E-state index in [-0.39, 0.29) is 5.92 Å². The van der Waals surface area contributed by atoms with Crippen LogP contribution in [0.4, 0.5) is 0 Å². The molecule has 0 heterocycles. The van der Waals surface area contributed by atoms with Gasteiger partial charge in [0.05, 0.1) is 22.8 Å². The lowest BCUT2D eigenvalue weighted by Gasteiger charge is -2.40. The number of benzene rings is 3. The highest BCUT2D eigenvalue weighted by atomic mass is 35.5. The van der Waals surface area contributed by atoms with Gasteiger partial charge in [-0.3, -0.25) is 0 Å². The number of fused-ring (bicyclic) bond motifs is 1. The highest BCUT2D eigenvalue weighted by molar-refractivity contribution is 6.42. The Labute approximate surface area is 250 Å². The molecule has 216 valence electrons. The molecular weight excluding hydrogens is 539 g/mol. The van der Waals surface area contributed by atoms with Gasteiger partial charge in [-0.2, -0.15) is 0 Å². The van der Waals surface area contributed by atoms with E-state index in [2.05, 4.69) is 66.8 Å². The van der Waals surface area contributed by atoms with Gasteiger partial charge in [0.1, 0.15) is 5.75 Å². The number of nitrogens with one attached hydrogen (secondary N) is 1. The summed E-state index contributed by atoms with van der Waals surface area (Å²) in [6.07, 6.45) is 7.61. The van der Waals surface area contributed by atoms with Gasteiger partial charge in [0, 0.05) is 24.4 Å². The van der Waals surface area contributed by atoms with Crippen molar-refractivity contribution in [3.05, 3.63) is 99.0 Å². The Hall–Kier alpha value is -2.08. The van der Waals surface area contributed by atoms with Crippen molar-refractivity contribution >= 4 is 23.2 Å². The average Bonchev–Trinajstić information content (AvgIpc) is 2.97. The van der Waals surface area contributed by atoms with Crippen LogP contribution in [-0.4, -0.2) is 50.4 Å². The molecule has 6 heteroatoms. The number of methoxy groups -OCH3 is 1. The molecular formula is C34H44Cl2N2O2. The first-order chi connectivity index (χ1) is 19.3. The summed E-state index contributed by atoms with van der Waals surface area (Å²) in [6.45, 7) is 0.878. The van der Waals surface area contributed by atoms with Crippen molar-refractivity contribution in [1.82, 2.24) is 10.2 Å². The number of aliphatic hydroxyl groups is 1. The van der Waals surface area contributed by atoms with Crippen LogP contribution in [0.5, 0.6) is 5.75 Å². The second-order valence-electron chi connectivity index (χ2n) is 11.5. The molecule has 0 radical (unpaired) electrons. The van der Waals surface area contributed by atoms with Crippen LogP contribution in [0.25, 0.3) is 0 Å². The van der Waals surface area contributed by atoms with Crippen molar-refractivity contribution < 1.29 is 9.84 Å². The largest absolute Gasteiger partial charge is 0.497 e. The number of nitrogens with zero attached hydrogens (tertiary/aromatic N) is 1. The molecule has 40 heavy (non-hydrogen) atoms. The van der Waals surface area contributed by atoms with Gasteiger partial charge in [0.15, 0.2) is 0 Å². The Bertz CT molecular complexity index is 1220. The second kappa shape index (κ2) is 14.2. The van der Waals surface area contributed by atoms with E-state index in [1.54, 1.807) is 7.11 Å². The minimum absolute atomic E-state index is 0.170. The summed E-state index contributed by atoms with van der Waals surface area (Å²) in [6, 6.07) is 23.3. The normalized spacial score (nSPS) is 20.7. The molecule has 2 aliphatic carbocycles. The predicted molar refractivity (Wildman–Crippen MR) is 168 cm³/mol. The third kappa shape index (κ3) is 7.40. The van der Waals surface area contributed by atoms with Gasteiger partial charge < -0.3 is 20.1 Å². The maximum absolute atomic E-state index is 11.1. The van der Waals surface area contributed by atoms with E-state index >= 15 is 0 Å². The molecule has 0 aliphatic heterocycles. The SMILES string of the molecule is CN[C@H]1CC[C@@H](c2ccc(Cl)c(Cl)c2)c2ccccc21.COc1ccc(C(CN(C)C)C2(O)CCCCC2)cc1. The Kier molecular flexibility index (Phi) is 11.0. The molecule has 0 saturated heterocycles. The van der Waals surface area contributed by atoms with Crippen LogP contribution in [0.2, 0.25) is 10.0 Å². The van der Waals surface area contributed by atoms with Crippen LogP contribution < -0.4 is 10.1 Å². The predicted octanol–water partition coefficient (Wildman–Crippen LogP) is 8.22. The van der Waals surface area contributed by atoms with Crippen molar-refractivity contribution in [3.8, 4) is 5.75 Å². The third-order valence-electron chi connectivity index (χ3n) is 8.62. The topological polar surface area (TPSA) is 44.7 Å². The van der Waals surface area contributed by atoms with E-state index in [1.165, 1.54) is 28.7 Å². The van der Waals surface area contributed by atoms with Gasteiger partial charge in [-0.15, -0.1) is 0 Å².